The summed E-state index contributed by atoms with van der Waals surface area (Å²) < 4.78 is 4.48. The Bertz CT molecular complexity index is 751. The molecule has 3 rings (SSSR count). The topological polar surface area (TPSA) is 26.3 Å². The highest BCUT2D eigenvalue weighted by Crippen LogP contribution is 2.48. The van der Waals surface area contributed by atoms with Crippen molar-refractivity contribution in [2.75, 3.05) is 12.9 Å². The Labute approximate surface area is 171 Å². The summed E-state index contributed by atoms with van der Waals surface area (Å²) >= 11 is 1.94. The molecule has 0 heterocycles. The number of rotatable bonds is 9. The van der Waals surface area contributed by atoms with E-state index in [0.717, 1.165) is 18.6 Å². The standard InChI is InChI=1S/C25H26O2S/c1-27-24(26)19-11-12-20-28-25(21-13-5-2-6-14-21,22-15-7-3-8-16-22)23-17-9-4-10-18-23/h2-10,13-18H,11-12,19-20H2,1H3. The molecule has 2 nitrogen and oxygen atoms in total. The fourth-order valence-corrected chi connectivity index (χ4v) is 5.03. The smallest absolute Gasteiger partial charge is 0.305 e. The van der Waals surface area contributed by atoms with Crippen LogP contribution >= 0.6 is 11.8 Å². The number of hydrogen-bond donors (Lipinski definition) is 0. The van der Waals surface area contributed by atoms with Crippen molar-refractivity contribution in [1.29, 1.82) is 0 Å². The summed E-state index contributed by atoms with van der Waals surface area (Å²) in [6, 6.07) is 32.1. The third-order valence-electron chi connectivity index (χ3n) is 4.86. The van der Waals surface area contributed by atoms with Gasteiger partial charge in [-0.25, -0.2) is 0 Å². The molecule has 0 spiro atoms. The van der Waals surface area contributed by atoms with Crippen molar-refractivity contribution < 1.29 is 9.53 Å². The summed E-state index contributed by atoms with van der Waals surface area (Å²) in [6.45, 7) is 0. The number of methoxy groups -OCH3 is 1. The molecule has 0 aliphatic heterocycles. The van der Waals surface area contributed by atoms with Gasteiger partial charge in [-0.1, -0.05) is 91.0 Å². The Morgan fingerprint density at radius 2 is 1.18 bits per heavy atom. The monoisotopic (exact) mass is 390 g/mol. The highest BCUT2D eigenvalue weighted by molar-refractivity contribution is 8.00. The summed E-state index contributed by atoms with van der Waals surface area (Å²) in [4.78, 5) is 11.4. The molecule has 0 radical (unpaired) electrons. The number of carbonyl (C=O) groups is 1. The van der Waals surface area contributed by atoms with Crippen molar-refractivity contribution in [2.45, 2.75) is 24.0 Å². The minimum atomic E-state index is -0.283. The van der Waals surface area contributed by atoms with Crippen LogP contribution in [0, 0.1) is 0 Å². The van der Waals surface area contributed by atoms with Gasteiger partial charge in [-0.05, 0) is 35.3 Å². The second kappa shape index (κ2) is 10.1. The fourth-order valence-electron chi connectivity index (χ4n) is 3.47. The SMILES string of the molecule is COC(=O)CCCCSC(c1ccccc1)(c1ccccc1)c1ccccc1. The normalized spacial score (nSPS) is 11.2. The maximum atomic E-state index is 11.4. The molecule has 144 valence electrons. The van der Waals surface area contributed by atoms with Crippen LogP contribution in [0.4, 0.5) is 0 Å². The van der Waals surface area contributed by atoms with Crippen molar-refractivity contribution in [3.05, 3.63) is 108 Å². The zero-order valence-corrected chi connectivity index (χ0v) is 17.0. The Hall–Kier alpha value is -2.52. The van der Waals surface area contributed by atoms with Crippen molar-refractivity contribution >= 4 is 17.7 Å². The molecule has 0 unspecified atom stereocenters. The number of thioether (sulfide) groups is 1. The molecular formula is C25H26O2S. The minimum absolute atomic E-state index is 0.134. The van der Waals surface area contributed by atoms with E-state index in [4.69, 9.17) is 4.74 Å². The molecule has 3 aromatic rings. The minimum Gasteiger partial charge on any atom is -0.469 e. The summed E-state index contributed by atoms with van der Waals surface area (Å²) in [6.07, 6.45) is 2.29. The first-order valence-electron chi connectivity index (χ1n) is 9.64. The van der Waals surface area contributed by atoms with E-state index in [1.165, 1.54) is 23.8 Å². The van der Waals surface area contributed by atoms with Crippen LogP contribution in [-0.2, 0) is 14.3 Å². The lowest BCUT2D eigenvalue weighted by Gasteiger charge is -2.35. The van der Waals surface area contributed by atoms with Crippen molar-refractivity contribution in [3.8, 4) is 0 Å². The van der Waals surface area contributed by atoms with Gasteiger partial charge in [-0.3, -0.25) is 4.79 Å². The molecule has 0 aliphatic carbocycles. The lowest BCUT2D eigenvalue weighted by molar-refractivity contribution is -0.140. The number of unbranched alkanes of at least 4 members (excludes halogenated alkanes) is 1. The van der Waals surface area contributed by atoms with Gasteiger partial charge in [0.25, 0.3) is 0 Å². The van der Waals surface area contributed by atoms with Gasteiger partial charge in [-0.2, -0.15) is 0 Å². The van der Waals surface area contributed by atoms with Crippen LogP contribution in [0.25, 0.3) is 0 Å². The van der Waals surface area contributed by atoms with Gasteiger partial charge < -0.3 is 4.74 Å². The molecule has 0 amide bonds. The van der Waals surface area contributed by atoms with E-state index in [0.29, 0.717) is 6.42 Å². The first-order valence-corrected chi connectivity index (χ1v) is 10.6. The van der Waals surface area contributed by atoms with Crippen LogP contribution in [0.3, 0.4) is 0 Å². The Morgan fingerprint density at radius 1 is 0.750 bits per heavy atom. The molecule has 0 bridgehead atoms. The summed E-state index contributed by atoms with van der Waals surface area (Å²) in [5.41, 5.74) is 3.81. The van der Waals surface area contributed by atoms with E-state index in [-0.39, 0.29) is 10.7 Å². The van der Waals surface area contributed by atoms with Crippen LogP contribution < -0.4 is 0 Å². The molecule has 0 atom stereocenters. The van der Waals surface area contributed by atoms with E-state index < -0.39 is 0 Å². The van der Waals surface area contributed by atoms with Crippen molar-refractivity contribution in [3.63, 3.8) is 0 Å². The van der Waals surface area contributed by atoms with E-state index in [2.05, 4.69) is 91.0 Å². The van der Waals surface area contributed by atoms with Crippen LogP contribution in [0.5, 0.6) is 0 Å². The molecule has 0 N–H and O–H groups in total. The van der Waals surface area contributed by atoms with Gasteiger partial charge in [0.2, 0.25) is 0 Å². The molecule has 28 heavy (non-hydrogen) atoms. The second-order valence-corrected chi connectivity index (χ2v) is 7.97. The third-order valence-corrected chi connectivity index (χ3v) is 6.50. The lowest BCUT2D eigenvalue weighted by atomic mass is 9.84. The molecule has 3 heteroatoms. The number of carbonyl (C=O) groups excluding carboxylic acids is 1. The van der Waals surface area contributed by atoms with Crippen molar-refractivity contribution in [2.24, 2.45) is 0 Å². The van der Waals surface area contributed by atoms with Gasteiger partial charge in [0.1, 0.15) is 0 Å². The first-order chi connectivity index (χ1) is 13.8. The van der Waals surface area contributed by atoms with E-state index >= 15 is 0 Å². The predicted molar refractivity (Wildman–Crippen MR) is 118 cm³/mol. The number of hydrogen-bond acceptors (Lipinski definition) is 3. The average molecular weight is 391 g/mol. The van der Waals surface area contributed by atoms with Gasteiger partial charge >= 0.3 is 5.97 Å². The maximum absolute atomic E-state index is 11.4. The largest absolute Gasteiger partial charge is 0.469 e. The predicted octanol–water partition coefficient (Wildman–Crippen LogP) is 6.06. The zero-order valence-electron chi connectivity index (χ0n) is 16.2. The highest BCUT2D eigenvalue weighted by atomic mass is 32.2. The third kappa shape index (κ3) is 4.66. The number of esters is 1. The maximum Gasteiger partial charge on any atom is 0.305 e. The molecule has 0 saturated carbocycles. The molecule has 0 aliphatic rings. The average Bonchev–Trinajstić information content (AvgIpc) is 2.78. The second-order valence-electron chi connectivity index (χ2n) is 6.66. The number of ether oxygens (including phenoxy) is 1. The van der Waals surface area contributed by atoms with Gasteiger partial charge in [0.15, 0.2) is 0 Å². The van der Waals surface area contributed by atoms with Crippen LogP contribution in [0.15, 0.2) is 91.0 Å². The zero-order chi connectivity index (χ0) is 19.7. The van der Waals surface area contributed by atoms with E-state index in [1.54, 1.807) is 0 Å². The Balaban J connectivity index is 1.96. The van der Waals surface area contributed by atoms with Crippen LogP contribution in [-0.4, -0.2) is 18.8 Å². The molecular weight excluding hydrogens is 364 g/mol. The molecule has 0 fully saturated rings. The first kappa shape index (κ1) is 20.2. The highest BCUT2D eigenvalue weighted by Gasteiger charge is 2.36. The van der Waals surface area contributed by atoms with Gasteiger partial charge in [0, 0.05) is 6.42 Å². The van der Waals surface area contributed by atoms with Crippen molar-refractivity contribution in [1.82, 2.24) is 0 Å². The molecule has 0 saturated heterocycles. The quantitative estimate of drug-likeness (QED) is 0.252. The summed E-state index contributed by atoms with van der Waals surface area (Å²) in [7, 11) is 1.45. The fraction of sp³-hybridized carbons (Fsp3) is 0.240. The van der Waals surface area contributed by atoms with Crippen LogP contribution in [0.1, 0.15) is 36.0 Å². The van der Waals surface area contributed by atoms with Gasteiger partial charge in [0.05, 0.1) is 11.9 Å². The molecule has 3 aromatic carbocycles. The molecule has 0 aromatic heterocycles. The van der Waals surface area contributed by atoms with Gasteiger partial charge in [-0.15, -0.1) is 11.8 Å². The lowest BCUT2D eigenvalue weighted by Crippen LogP contribution is -2.26. The summed E-state index contributed by atoms with van der Waals surface area (Å²) in [5.74, 6) is 0.820. The Kier molecular flexibility index (Phi) is 7.32. The Morgan fingerprint density at radius 3 is 1.57 bits per heavy atom. The van der Waals surface area contributed by atoms with E-state index in [9.17, 15) is 4.79 Å². The van der Waals surface area contributed by atoms with E-state index in [1.807, 2.05) is 11.8 Å². The van der Waals surface area contributed by atoms with Crippen LogP contribution in [0.2, 0.25) is 0 Å². The summed E-state index contributed by atoms with van der Waals surface area (Å²) in [5, 5.41) is 0. The number of benzene rings is 3.